The highest BCUT2D eigenvalue weighted by atomic mass is 19.4. The molecule has 0 saturated carbocycles. The Labute approximate surface area is 97.1 Å². The number of ether oxygens (including phenoxy) is 1. The van der Waals surface area contributed by atoms with E-state index >= 15 is 0 Å². The molecule has 1 saturated heterocycles. The zero-order valence-corrected chi connectivity index (χ0v) is 9.35. The fourth-order valence-corrected chi connectivity index (χ4v) is 1.95. The average Bonchev–Trinajstić information content (AvgIpc) is 2.65. The maximum Gasteiger partial charge on any atom is 0.411 e. The molecule has 100 valence electrons. The number of aliphatic carboxylic acids is 1. The molecule has 1 rings (SSSR count). The Morgan fingerprint density at radius 2 is 2.18 bits per heavy atom. The lowest BCUT2D eigenvalue weighted by atomic mass is 9.82. The van der Waals surface area contributed by atoms with Gasteiger partial charge in [0.15, 0.2) is 0 Å². The molecule has 17 heavy (non-hydrogen) atoms. The van der Waals surface area contributed by atoms with Gasteiger partial charge in [0, 0.05) is 13.2 Å². The van der Waals surface area contributed by atoms with Crippen LogP contribution in [-0.2, 0) is 9.53 Å². The second kappa shape index (κ2) is 5.68. The van der Waals surface area contributed by atoms with Crippen molar-refractivity contribution in [2.75, 3.05) is 26.3 Å². The summed E-state index contributed by atoms with van der Waals surface area (Å²) in [6, 6.07) is 0. The molecule has 2 N–H and O–H groups in total. The number of carboxylic acids is 1. The number of halogens is 3. The van der Waals surface area contributed by atoms with Crippen molar-refractivity contribution in [2.45, 2.75) is 25.4 Å². The van der Waals surface area contributed by atoms with Crippen LogP contribution in [0.3, 0.4) is 0 Å². The third-order valence-corrected chi connectivity index (χ3v) is 2.91. The van der Waals surface area contributed by atoms with Crippen molar-refractivity contribution in [2.24, 2.45) is 5.41 Å². The third-order valence-electron chi connectivity index (χ3n) is 2.91. The summed E-state index contributed by atoms with van der Waals surface area (Å²) in [7, 11) is 0. The van der Waals surface area contributed by atoms with Gasteiger partial charge in [-0.2, -0.15) is 13.2 Å². The van der Waals surface area contributed by atoms with E-state index < -0.39 is 24.2 Å². The molecule has 1 unspecified atom stereocenters. The zero-order chi connectivity index (χ0) is 12.9. The van der Waals surface area contributed by atoms with Crippen molar-refractivity contribution in [3.8, 4) is 0 Å². The van der Waals surface area contributed by atoms with Crippen LogP contribution in [0.5, 0.6) is 0 Å². The topological polar surface area (TPSA) is 58.6 Å². The van der Waals surface area contributed by atoms with Crippen molar-refractivity contribution in [3.05, 3.63) is 0 Å². The van der Waals surface area contributed by atoms with Crippen LogP contribution < -0.4 is 5.32 Å². The minimum Gasteiger partial charge on any atom is -0.481 e. The third kappa shape index (κ3) is 4.51. The van der Waals surface area contributed by atoms with Crippen molar-refractivity contribution < 1.29 is 27.8 Å². The molecule has 1 aliphatic heterocycles. The minimum absolute atomic E-state index is 0.0610. The van der Waals surface area contributed by atoms with Gasteiger partial charge in [0.05, 0.1) is 5.41 Å². The number of rotatable bonds is 6. The van der Waals surface area contributed by atoms with Crippen molar-refractivity contribution in [1.82, 2.24) is 5.32 Å². The van der Waals surface area contributed by atoms with Gasteiger partial charge >= 0.3 is 12.1 Å². The molecular weight excluding hydrogens is 239 g/mol. The van der Waals surface area contributed by atoms with E-state index in [0.717, 1.165) is 0 Å². The lowest BCUT2D eigenvalue weighted by molar-refractivity contribution is -0.174. The van der Waals surface area contributed by atoms with E-state index in [1.165, 1.54) is 0 Å². The quantitative estimate of drug-likeness (QED) is 0.704. The Balaban J connectivity index is 2.23. The number of hydrogen-bond acceptors (Lipinski definition) is 3. The van der Waals surface area contributed by atoms with E-state index in [0.29, 0.717) is 32.4 Å². The van der Waals surface area contributed by atoms with E-state index in [1.807, 2.05) is 0 Å². The molecule has 0 bridgehead atoms. The van der Waals surface area contributed by atoms with Crippen LogP contribution in [-0.4, -0.2) is 43.6 Å². The number of alkyl halides is 3. The molecule has 0 amide bonds. The first-order valence-electron chi connectivity index (χ1n) is 5.44. The summed E-state index contributed by atoms with van der Waals surface area (Å²) in [6.45, 7) is -0.322. The Kier molecular flexibility index (Phi) is 4.76. The summed E-state index contributed by atoms with van der Waals surface area (Å²) in [5, 5.41) is 12.0. The van der Waals surface area contributed by atoms with E-state index in [1.54, 1.807) is 0 Å². The Bertz CT molecular complexity index is 262. The van der Waals surface area contributed by atoms with Gasteiger partial charge in [-0.05, 0) is 25.8 Å². The molecule has 0 aromatic carbocycles. The van der Waals surface area contributed by atoms with Gasteiger partial charge in [-0.3, -0.25) is 4.79 Å². The van der Waals surface area contributed by atoms with E-state index in [-0.39, 0.29) is 6.61 Å². The maximum absolute atomic E-state index is 11.8. The number of hydrogen-bond donors (Lipinski definition) is 2. The van der Waals surface area contributed by atoms with Gasteiger partial charge in [0.2, 0.25) is 0 Å². The summed E-state index contributed by atoms with van der Waals surface area (Å²) < 4.78 is 39.7. The highest BCUT2D eigenvalue weighted by Crippen LogP contribution is 2.31. The number of nitrogens with one attached hydrogen (secondary N) is 1. The number of carbonyl (C=O) groups is 1. The Morgan fingerprint density at radius 1 is 1.47 bits per heavy atom. The Hall–Kier alpha value is -0.820. The predicted molar refractivity (Wildman–Crippen MR) is 53.7 cm³/mol. The highest BCUT2D eigenvalue weighted by molar-refractivity contribution is 5.75. The molecule has 0 aromatic heterocycles. The smallest absolute Gasteiger partial charge is 0.411 e. The molecule has 0 radical (unpaired) electrons. The summed E-state index contributed by atoms with van der Waals surface area (Å²) in [6.07, 6.45) is -3.14. The van der Waals surface area contributed by atoms with Gasteiger partial charge in [-0.15, -0.1) is 0 Å². The first kappa shape index (κ1) is 14.2. The molecule has 0 aliphatic carbocycles. The molecule has 4 nitrogen and oxygen atoms in total. The van der Waals surface area contributed by atoms with Crippen molar-refractivity contribution >= 4 is 5.97 Å². The first-order valence-corrected chi connectivity index (χ1v) is 5.44. The second-order valence-electron chi connectivity index (χ2n) is 4.28. The van der Waals surface area contributed by atoms with E-state index in [9.17, 15) is 18.0 Å². The number of carboxylic acid groups (broad SMARTS) is 1. The molecule has 7 heteroatoms. The largest absolute Gasteiger partial charge is 0.481 e. The second-order valence-corrected chi connectivity index (χ2v) is 4.28. The van der Waals surface area contributed by atoms with Crippen LogP contribution in [0.4, 0.5) is 13.2 Å². The Morgan fingerprint density at radius 3 is 2.65 bits per heavy atom. The summed E-state index contributed by atoms with van der Waals surface area (Å²) >= 11 is 0. The van der Waals surface area contributed by atoms with Crippen LogP contribution >= 0.6 is 0 Å². The lowest BCUT2D eigenvalue weighted by Crippen LogP contribution is -2.33. The van der Waals surface area contributed by atoms with E-state index in [4.69, 9.17) is 5.11 Å². The average molecular weight is 255 g/mol. The molecule has 1 heterocycles. The van der Waals surface area contributed by atoms with Crippen LogP contribution in [0, 0.1) is 5.41 Å². The maximum atomic E-state index is 11.8. The monoisotopic (exact) mass is 255 g/mol. The summed E-state index contributed by atoms with van der Waals surface area (Å²) in [5.74, 6) is -0.890. The molecule has 0 spiro atoms. The van der Waals surface area contributed by atoms with E-state index in [2.05, 4.69) is 10.1 Å². The van der Waals surface area contributed by atoms with Crippen molar-refractivity contribution in [1.29, 1.82) is 0 Å². The van der Waals surface area contributed by atoms with Gasteiger partial charge < -0.3 is 15.2 Å². The lowest BCUT2D eigenvalue weighted by Gasteiger charge is -2.22. The minimum atomic E-state index is -4.32. The van der Waals surface area contributed by atoms with Crippen LogP contribution in [0.1, 0.15) is 19.3 Å². The molecular formula is C10H16F3NO3. The van der Waals surface area contributed by atoms with Gasteiger partial charge in [-0.25, -0.2) is 0 Å². The predicted octanol–water partition coefficient (Wildman–Crippen LogP) is 1.41. The normalized spacial score (nSPS) is 25.1. The fourth-order valence-electron chi connectivity index (χ4n) is 1.95. The zero-order valence-electron chi connectivity index (χ0n) is 9.35. The van der Waals surface area contributed by atoms with Gasteiger partial charge in [-0.1, -0.05) is 0 Å². The summed E-state index contributed by atoms with van der Waals surface area (Å²) in [5.41, 5.74) is -0.832. The molecule has 1 fully saturated rings. The highest BCUT2D eigenvalue weighted by Gasteiger charge is 2.40. The van der Waals surface area contributed by atoms with Gasteiger partial charge in [0.25, 0.3) is 0 Å². The fraction of sp³-hybridized carbons (Fsp3) is 0.900. The molecule has 1 aliphatic rings. The van der Waals surface area contributed by atoms with Crippen LogP contribution in [0.15, 0.2) is 0 Å². The van der Waals surface area contributed by atoms with Gasteiger partial charge in [0.1, 0.15) is 6.61 Å². The van der Waals surface area contributed by atoms with Crippen LogP contribution in [0.2, 0.25) is 0 Å². The molecule has 0 aromatic rings. The van der Waals surface area contributed by atoms with Crippen LogP contribution in [0.25, 0.3) is 0 Å². The van der Waals surface area contributed by atoms with Crippen molar-refractivity contribution in [3.63, 3.8) is 0 Å². The first-order chi connectivity index (χ1) is 7.86. The standard InChI is InChI=1S/C10H16F3NO3/c11-10(12,13)7-17-5-1-2-9(8(15)16)3-4-14-6-9/h14H,1-7H2,(H,15,16). The molecule has 1 atom stereocenters. The summed E-state index contributed by atoms with van der Waals surface area (Å²) in [4.78, 5) is 11.1. The SMILES string of the molecule is O=C(O)C1(CCCOCC(F)(F)F)CCNC1.